The van der Waals surface area contributed by atoms with Crippen molar-refractivity contribution < 1.29 is 0 Å². The van der Waals surface area contributed by atoms with Crippen molar-refractivity contribution in [3.63, 3.8) is 0 Å². The molecule has 80 valence electrons. The van der Waals surface area contributed by atoms with Crippen LogP contribution >= 0.6 is 11.8 Å². The minimum absolute atomic E-state index is 0.479. The Morgan fingerprint density at radius 3 is 2.75 bits per heavy atom. The van der Waals surface area contributed by atoms with Crippen LogP contribution in [-0.4, -0.2) is 10.7 Å². The van der Waals surface area contributed by atoms with Crippen molar-refractivity contribution in [2.24, 2.45) is 0 Å². The van der Waals surface area contributed by atoms with Crippen LogP contribution in [0.1, 0.15) is 11.1 Å². The molecule has 0 atom stereocenters. The Balaban J connectivity index is 2.67. The minimum Gasteiger partial charge on any atom is -0.256 e. The summed E-state index contributed by atoms with van der Waals surface area (Å²) in [7, 11) is 0. The number of aromatic nitrogens is 1. The van der Waals surface area contributed by atoms with E-state index in [0.29, 0.717) is 5.75 Å². The molecule has 3 heteroatoms. The largest absolute Gasteiger partial charge is 0.256 e. The molecule has 1 heterocycles. The molecule has 0 aliphatic rings. The van der Waals surface area contributed by atoms with Gasteiger partial charge in [0.15, 0.2) is 0 Å². The summed E-state index contributed by atoms with van der Waals surface area (Å²) in [5, 5.41) is 9.82. The van der Waals surface area contributed by atoms with Crippen LogP contribution in [0.25, 0.3) is 10.9 Å². The zero-order chi connectivity index (χ0) is 11.5. The number of benzene rings is 1. The first-order valence-corrected chi connectivity index (χ1v) is 6.07. The highest BCUT2D eigenvalue weighted by atomic mass is 32.2. The van der Waals surface area contributed by atoms with E-state index in [0.717, 1.165) is 10.4 Å². The number of nitriles is 1. The van der Waals surface area contributed by atoms with Gasteiger partial charge in [-0.25, -0.2) is 0 Å². The highest BCUT2D eigenvalue weighted by Crippen LogP contribution is 2.30. The lowest BCUT2D eigenvalue weighted by molar-refractivity contribution is 1.30. The number of nitrogens with zero attached hydrogens (tertiary/aromatic N) is 2. The maximum atomic E-state index is 8.64. The van der Waals surface area contributed by atoms with E-state index in [9.17, 15) is 0 Å². The van der Waals surface area contributed by atoms with E-state index >= 15 is 0 Å². The molecule has 2 aromatic rings. The Bertz CT molecular complexity index is 570. The number of thioether (sulfide) groups is 1. The van der Waals surface area contributed by atoms with Gasteiger partial charge < -0.3 is 0 Å². The average Bonchev–Trinajstić information content (AvgIpc) is 2.31. The summed E-state index contributed by atoms with van der Waals surface area (Å²) in [6, 6.07) is 8.33. The van der Waals surface area contributed by atoms with Crippen molar-refractivity contribution in [2.45, 2.75) is 18.7 Å². The SMILES string of the molecule is Cc1ccc(C)c2c(SCC#N)ccnc12. The summed E-state index contributed by atoms with van der Waals surface area (Å²) < 4.78 is 0. The predicted octanol–water partition coefficient (Wildman–Crippen LogP) is 3.47. The van der Waals surface area contributed by atoms with Crippen LogP contribution in [0.4, 0.5) is 0 Å². The fourth-order valence-electron chi connectivity index (χ4n) is 1.77. The molecule has 0 aliphatic heterocycles. The summed E-state index contributed by atoms with van der Waals surface area (Å²) in [6.45, 7) is 4.15. The lowest BCUT2D eigenvalue weighted by Crippen LogP contribution is -1.89. The predicted molar refractivity (Wildman–Crippen MR) is 67.6 cm³/mol. The maximum Gasteiger partial charge on any atom is 0.0855 e. The molecule has 0 unspecified atom stereocenters. The van der Waals surface area contributed by atoms with Gasteiger partial charge in [0.25, 0.3) is 0 Å². The fourth-order valence-corrected chi connectivity index (χ4v) is 2.55. The smallest absolute Gasteiger partial charge is 0.0855 e. The van der Waals surface area contributed by atoms with Crippen LogP contribution < -0.4 is 0 Å². The first-order valence-electron chi connectivity index (χ1n) is 5.08. The fraction of sp³-hybridized carbons (Fsp3) is 0.231. The van der Waals surface area contributed by atoms with Gasteiger partial charge in [0.05, 0.1) is 17.3 Å². The van der Waals surface area contributed by atoms with Crippen molar-refractivity contribution >= 4 is 22.7 Å². The van der Waals surface area contributed by atoms with Gasteiger partial charge in [-0.3, -0.25) is 4.98 Å². The van der Waals surface area contributed by atoms with E-state index in [4.69, 9.17) is 5.26 Å². The number of hydrogen-bond donors (Lipinski definition) is 0. The number of fused-ring (bicyclic) bond motifs is 1. The molecule has 1 aromatic carbocycles. The van der Waals surface area contributed by atoms with Crippen LogP contribution in [0.2, 0.25) is 0 Å². The molecule has 0 saturated heterocycles. The molecule has 0 amide bonds. The molecule has 1 aromatic heterocycles. The van der Waals surface area contributed by atoms with Gasteiger partial charge in [-0.05, 0) is 31.0 Å². The van der Waals surface area contributed by atoms with Crippen LogP contribution in [0.5, 0.6) is 0 Å². The third-order valence-corrected chi connectivity index (χ3v) is 3.48. The Labute approximate surface area is 99.3 Å². The van der Waals surface area contributed by atoms with E-state index in [1.165, 1.54) is 16.5 Å². The van der Waals surface area contributed by atoms with Gasteiger partial charge in [0, 0.05) is 16.5 Å². The molecule has 0 aliphatic carbocycles. The summed E-state index contributed by atoms with van der Waals surface area (Å²) in [6.07, 6.45) is 1.81. The molecule has 0 bridgehead atoms. The van der Waals surface area contributed by atoms with Gasteiger partial charge in [-0.2, -0.15) is 5.26 Å². The molecule has 0 fully saturated rings. The van der Waals surface area contributed by atoms with Crippen molar-refractivity contribution in [3.8, 4) is 6.07 Å². The number of aryl methyl sites for hydroxylation is 2. The lowest BCUT2D eigenvalue weighted by Gasteiger charge is -2.08. The Morgan fingerprint density at radius 2 is 2.00 bits per heavy atom. The number of rotatable bonds is 2. The van der Waals surface area contributed by atoms with Crippen LogP contribution in [-0.2, 0) is 0 Å². The highest BCUT2D eigenvalue weighted by molar-refractivity contribution is 7.99. The van der Waals surface area contributed by atoms with E-state index in [1.807, 2.05) is 12.3 Å². The monoisotopic (exact) mass is 228 g/mol. The van der Waals surface area contributed by atoms with Gasteiger partial charge in [0.1, 0.15) is 0 Å². The zero-order valence-electron chi connectivity index (χ0n) is 9.32. The first kappa shape index (κ1) is 11.0. The molecule has 0 spiro atoms. The third kappa shape index (κ3) is 1.89. The van der Waals surface area contributed by atoms with E-state index < -0.39 is 0 Å². The third-order valence-electron chi connectivity index (χ3n) is 2.56. The maximum absolute atomic E-state index is 8.64. The summed E-state index contributed by atoms with van der Waals surface area (Å²) in [5.41, 5.74) is 3.44. The second kappa shape index (κ2) is 4.54. The second-order valence-electron chi connectivity index (χ2n) is 3.68. The number of pyridine rings is 1. The van der Waals surface area contributed by atoms with Gasteiger partial charge in [-0.15, -0.1) is 11.8 Å². The molecule has 0 N–H and O–H groups in total. The van der Waals surface area contributed by atoms with Crippen molar-refractivity contribution in [1.29, 1.82) is 5.26 Å². The molecular formula is C13H12N2S. The van der Waals surface area contributed by atoms with Crippen LogP contribution in [0, 0.1) is 25.2 Å². The van der Waals surface area contributed by atoms with Crippen molar-refractivity contribution in [2.75, 3.05) is 5.75 Å². The molecule has 0 radical (unpaired) electrons. The van der Waals surface area contributed by atoms with Gasteiger partial charge >= 0.3 is 0 Å². The standard InChI is InChI=1S/C13H12N2S/c1-9-3-4-10(2)13-12(9)11(5-7-15-13)16-8-6-14/h3-5,7H,8H2,1-2H3. The zero-order valence-corrected chi connectivity index (χ0v) is 10.1. The van der Waals surface area contributed by atoms with Crippen molar-refractivity contribution in [3.05, 3.63) is 35.5 Å². The van der Waals surface area contributed by atoms with Crippen molar-refractivity contribution in [1.82, 2.24) is 4.98 Å². The molecule has 2 nitrogen and oxygen atoms in total. The van der Waals surface area contributed by atoms with E-state index in [1.54, 1.807) is 11.8 Å². The second-order valence-corrected chi connectivity index (χ2v) is 4.70. The van der Waals surface area contributed by atoms with E-state index in [-0.39, 0.29) is 0 Å². The Morgan fingerprint density at radius 1 is 1.25 bits per heavy atom. The quantitative estimate of drug-likeness (QED) is 0.738. The van der Waals surface area contributed by atoms with Gasteiger partial charge in [-0.1, -0.05) is 12.1 Å². The first-order chi connectivity index (χ1) is 7.74. The normalized spacial score (nSPS) is 10.3. The van der Waals surface area contributed by atoms with Crippen LogP contribution in [0.3, 0.4) is 0 Å². The Hall–Kier alpha value is -1.53. The molecular weight excluding hydrogens is 216 g/mol. The van der Waals surface area contributed by atoms with Crippen LogP contribution in [0.15, 0.2) is 29.3 Å². The number of hydrogen-bond acceptors (Lipinski definition) is 3. The molecule has 0 saturated carbocycles. The van der Waals surface area contributed by atoms with Gasteiger partial charge in [0.2, 0.25) is 0 Å². The summed E-state index contributed by atoms with van der Waals surface area (Å²) in [4.78, 5) is 5.56. The highest BCUT2D eigenvalue weighted by Gasteiger charge is 2.07. The summed E-state index contributed by atoms with van der Waals surface area (Å²) >= 11 is 1.57. The lowest BCUT2D eigenvalue weighted by atomic mass is 10.1. The molecule has 16 heavy (non-hydrogen) atoms. The topological polar surface area (TPSA) is 36.7 Å². The molecule has 2 rings (SSSR count). The van der Waals surface area contributed by atoms with E-state index in [2.05, 4.69) is 37.0 Å². The minimum atomic E-state index is 0.479. The summed E-state index contributed by atoms with van der Waals surface area (Å²) in [5.74, 6) is 0.479. The average molecular weight is 228 g/mol. The Kier molecular flexibility index (Phi) is 3.12.